The van der Waals surface area contributed by atoms with Gasteiger partial charge in [-0.15, -0.1) is 11.3 Å². The van der Waals surface area contributed by atoms with E-state index in [1.54, 1.807) is 11.3 Å². The molecule has 0 radical (unpaired) electrons. The summed E-state index contributed by atoms with van der Waals surface area (Å²) in [6.07, 6.45) is 4.06. The van der Waals surface area contributed by atoms with Gasteiger partial charge in [0.1, 0.15) is 0 Å². The fourth-order valence-electron chi connectivity index (χ4n) is 3.62. The Hall–Kier alpha value is -0.410. The third kappa shape index (κ3) is 3.19. The van der Waals surface area contributed by atoms with Crippen LogP contribution in [0.3, 0.4) is 0 Å². The third-order valence-corrected chi connectivity index (χ3v) is 5.77. The van der Waals surface area contributed by atoms with E-state index in [0.29, 0.717) is 17.8 Å². The minimum Gasteiger partial charge on any atom is -0.389 e. The molecule has 1 aliphatic rings. The van der Waals surface area contributed by atoms with Gasteiger partial charge in [-0.3, -0.25) is 0 Å². The molecule has 0 spiro atoms. The van der Waals surface area contributed by atoms with Crippen molar-refractivity contribution in [1.82, 2.24) is 4.98 Å². The molecule has 2 nitrogen and oxygen atoms in total. The summed E-state index contributed by atoms with van der Waals surface area (Å²) in [6, 6.07) is 0. The van der Waals surface area contributed by atoms with E-state index >= 15 is 0 Å². The van der Waals surface area contributed by atoms with Crippen molar-refractivity contribution in [3.05, 3.63) is 15.6 Å². The van der Waals surface area contributed by atoms with Gasteiger partial charge in [0.05, 0.1) is 16.3 Å². The van der Waals surface area contributed by atoms with Gasteiger partial charge in [-0.1, -0.05) is 27.2 Å². The summed E-state index contributed by atoms with van der Waals surface area (Å²) in [5, 5.41) is 12.3. The molecule has 0 aromatic carbocycles. The van der Waals surface area contributed by atoms with Crippen LogP contribution < -0.4 is 0 Å². The Balaban J connectivity index is 2.21. The normalized spacial score (nSPS) is 31.9. The fraction of sp³-hybridized carbons (Fsp3) is 0.812. The molecule has 19 heavy (non-hydrogen) atoms. The second kappa shape index (κ2) is 5.53. The molecule has 1 aliphatic carbocycles. The molecule has 1 fully saturated rings. The highest BCUT2D eigenvalue weighted by Crippen LogP contribution is 2.43. The molecule has 2 rings (SSSR count). The first-order valence-electron chi connectivity index (χ1n) is 7.47. The highest BCUT2D eigenvalue weighted by Gasteiger charge is 2.43. The topological polar surface area (TPSA) is 33.1 Å². The predicted molar refractivity (Wildman–Crippen MR) is 81.6 cm³/mol. The zero-order valence-corrected chi connectivity index (χ0v) is 13.7. The molecule has 0 amide bonds. The zero-order chi connectivity index (χ0) is 14.2. The maximum atomic E-state index is 11.2. The Kier molecular flexibility index (Phi) is 4.36. The van der Waals surface area contributed by atoms with Crippen molar-refractivity contribution < 1.29 is 5.11 Å². The molecule has 1 N–H and O–H groups in total. The zero-order valence-electron chi connectivity index (χ0n) is 12.9. The Labute approximate surface area is 121 Å². The molecular formula is C16H27NOS. The first kappa shape index (κ1) is 15.0. The third-order valence-electron chi connectivity index (χ3n) is 4.70. The van der Waals surface area contributed by atoms with E-state index in [1.807, 2.05) is 0 Å². The molecule has 108 valence electrons. The lowest BCUT2D eigenvalue weighted by molar-refractivity contribution is -0.0795. The molecule has 0 bridgehead atoms. The Morgan fingerprint density at radius 3 is 2.58 bits per heavy atom. The second-order valence-corrected chi connectivity index (χ2v) is 8.05. The molecule has 1 heterocycles. The first-order chi connectivity index (χ1) is 8.82. The van der Waals surface area contributed by atoms with Crippen molar-refractivity contribution >= 4 is 11.3 Å². The van der Waals surface area contributed by atoms with Crippen molar-refractivity contribution in [3.63, 3.8) is 0 Å². The SMILES string of the molecule is Cc1nc(CC2(O)CC(C)CCC2C(C)C)sc1C. The summed E-state index contributed by atoms with van der Waals surface area (Å²) in [6.45, 7) is 10.9. The maximum Gasteiger partial charge on any atom is 0.0959 e. The number of rotatable bonds is 3. The minimum absolute atomic E-state index is 0.410. The lowest BCUT2D eigenvalue weighted by Crippen LogP contribution is -2.47. The predicted octanol–water partition coefficient (Wildman–Crippen LogP) is 4.13. The van der Waals surface area contributed by atoms with E-state index in [9.17, 15) is 5.11 Å². The fourth-order valence-corrected chi connectivity index (χ4v) is 4.67. The Morgan fingerprint density at radius 1 is 1.37 bits per heavy atom. The average molecular weight is 281 g/mol. The van der Waals surface area contributed by atoms with Crippen LogP contribution in [0.5, 0.6) is 0 Å². The molecular weight excluding hydrogens is 254 g/mol. The van der Waals surface area contributed by atoms with Crippen molar-refractivity contribution in [3.8, 4) is 0 Å². The number of hydrogen-bond donors (Lipinski definition) is 1. The van der Waals surface area contributed by atoms with E-state index < -0.39 is 5.60 Å². The van der Waals surface area contributed by atoms with Gasteiger partial charge >= 0.3 is 0 Å². The van der Waals surface area contributed by atoms with E-state index in [-0.39, 0.29) is 0 Å². The smallest absolute Gasteiger partial charge is 0.0959 e. The number of aromatic nitrogens is 1. The van der Waals surface area contributed by atoms with Crippen LogP contribution in [0, 0.1) is 31.6 Å². The highest BCUT2D eigenvalue weighted by molar-refractivity contribution is 7.11. The van der Waals surface area contributed by atoms with Crippen molar-refractivity contribution in [2.75, 3.05) is 0 Å². The molecule has 0 saturated heterocycles. The lowest BCUT2D eigenvalue weighted by atomic mass is 9.66. The summed E-state index contributed by atoms with van der Waals surface area (Å²) in [7, 11) is 0. The molecule has 3 atom stereocenters. The van der Waals surface area contributed by atoms with Gasteiger partial charge in [-0.05, 0) is 44.4 Å². The van der Waals surface area contributed by atoms with Crippen LogP contribution in [-0.2, 0) is 6.42 Å². The van der Waals surface area contributed by atoms with Crippen molar-refractivity contribution in [2.45, 2.75) is 65.9 Å². The van der Waals surface area contributed by atoms with Crippen LogP contribution in [0.2, 0.25) is 0 Å². The Bertz CT molecular complexity index is 420. The van der Waals surface area contributed by atoms with Gasteiger partial charge in [-0.2, -0.15) is 0 Å². The van der Waals surface area contributed by atoms with E-state index in [1.165, 1.54) is 11.3 Å². The van der Waals surface area contributed by atoms with Crippen molar-refractivity contribution in [1.29, 1.82) is 0 Å². The van der Waals surface area contributed by atoms with E-state index in [0.717, 1.165) is 30.0 Å². The molecule has 1 saturated carbocycles. The van der Waals surface area contributed by atoms with Crippen LogP contribution in [0.4, 0.5) is 0 Å². The molecule has 1 aromatic rings. The Morgan fingerprint density at radius 2 is 2.05 bits per heavy atom. The molecule has 3 unspecified atom stereocenters. The first-order valence-corrected chi connectivity index (χ1v) is 8.29. The van der Waals surface area contributed by atoms with E-state index in [4.69, 9.17) is 0 Å². The maximum absolute atomic E-state index is 11.2. The largest absolute Gasteiger partial charge is 0.389 e. The van der Waals surface area contributed by atoms with E-state index in [2.05, 4.69) is 39.6 Å². The molecule has 0 aliphatic heterocycles. The standard InChI is InChI=1S/C16H27NOS/c1-10(2)14-7-6-11(3)8-16(14,18)9-15-17-12(4)13(5)19-15/h10-11,14,18H,6-9H2,1-5H3. The monoisotopic (exact) mass is 281 g/mol. The summed E-state index contributed by atoms with van der Waals surface area (Å²) < 4.78 is 0. The van der Waals surface area contributed by atoms with Crippen LogP contribution in [0.15, 0.2) is 0 Å². The van der Waals surface area contributed by atoms with Crippen molar-refractivity contribution in [2.24, 2.45) is 17.8 Å². The number of aliphatic hydroxyl groups is 1. The van der Waals surface area contributed by atoms with Crippen LogP contribution in [-0.4, -0.2) is 15.7 Å². The molecule has 3 heteroatoms. The highest BCUT2D eigenvalue weighted by atomic mass is 32.1. The second-order valence-electron chi connectivity index (χ2n) is 6.77. The summed E-state index contributed by atoms with van der Waals surface area (Å²) in [5.74, 6) is 1.58. The van der Waals surface area contributed by atoms with Crippen LogP contribution in [0.1, 0.15) is 55.6 Å². The van der Waals surface area contributed by atoms with Gasteiger partial charge < -0.3 is 5.11 Å². The quantitative estimate of drug-likeness (QED) is 0.904. The molecule has 1 aromatic heterocycles. The summed E-state index contributed by atoms with van der Waals surface area (Å²) in [5.41, 5.74) is 0.566. The number of thiazole rings is 1. The van der Waals surface area contributed by atoms with Gasteiger partial charge in [-0.25, -0.2) is 4.98 Å². The van der Waals surface area contributed by atoms with Crippen LogP contribution in [0.25, 0.3) is 0 Å². The summed E-state index contributed by atoms with van der Waals surface area (Å²) in [4.78, 5) is 5.91. The number of hydrogen-bond acceptors (Lipinski definition) is 3. The average Bonchev–Trinajstić information content (AvgIpc) is 2.55. The number of aryl methyl sites for hydroxylation is 2. The van der Waals surface area contributed by atoms with Gasteiger partial charge in [0, 0.05) is 11.3 Å². The lowest BCUT2D eigenvalue weighted by Gasteiger charge is -2.44. The minimum atomic E-state index is -0.553. The number of nitrogens with zero attached hydrogens (tertiary/aromatic N) is 1. The van der Waals surface area contributed by atoms with Gasteiger partial charge in [0.25, 0.3) is 0 Å². The van der Waals surface area contributed by atoms with Crippen LogP contribution >= 0.6 is 11.3 Å². The summed E-state index contributed by atoms with van der Waals surface area (Å²) >= 11 is 1.75. The van der Waals surface area contributed by atoms with Gasteiger partial charge in [0.15, 0.2) is 0 Å². The van der Waals surface area contributed by atoms with Gasteiger partial charge in [0.2, 0.25) is 0 Å².